The van der Waals surface area contributed by atoms with Crippen LogP contribution in [0.1, 0.15) is 47.7 Å². The van der Waals surface area contributed by atoms with E-state index in [4.69, 9.17) is 0 Å². The molecule has 2 N–H and O–H groups in total. The van der Waals surface area contributed by atoms with Gasteiger partial charge >= 0.3 is 0 Å². The Morgan fingerprint density at radius 1 is 1.07 bits per heavy atom. The van der Waals surface area contributed by atoms with Gasteiger partial charge in [0.25, 0.3) is 15.9 Å². The smallest absolute Gasteiger partial charge is 0.262 e. The monoisotopic (exact) mass is 429 g/mol. The van der Waals surface area contributed by atoms with Crippen molar-refractivity contribution in [3.05, 3.63) is 59.2 Å². The number of nitrogens with zero attached hydrogens (tertiary/aromatic N) is 1. The van der Waals surface area contributed by atoms with Crippen molar-refractivity contribution in [3.8, 4) is 0 Å². The lowest BCUT2D eigenvalue weighted by Gasteiger charge is -2.32. The number of amides is 1. The number of anilines is 1. The van der Waals surface area contributed by atoms with Gasteiger partial charge in [-0.2, -0.15) is 0 Å². The standard InChI is InChI=1S/C23H31N3O3S/c1-4-13-26-14-11-20(12-15-26)24-23(27)19-8-7-18(3)22(16-19)30(28,29)25-21-9-5-17(2)6-10-21/h5-10,16,20,25H,4,11-15H2,1-3H3,(H,24,27). The topological polar surface area (TPSA) is 78.5 Å². The van der Waals surface area contributed by atoms with E-state index < -0.39 is 10.0 Å². The minimum absolute atomic E-state index is 0.119. The first kappa shape index (κ1) is 22.3. The Kier molecular flexibility index (Phi) is 7.15. The highest BCUT2D eigenvalue weighted by atomic mass is 32.2. The number of nitrogens with one attached hydrogen (secondary N) is 2. The van der Waals surface area contributed by atoms with Gasteiger partial charge in [0.1, 0.15) is 0 Å². The summed E-state index contributed by atoms with van der Waals surface area (Å²) in [6.45, 7) is 8.89. The Morgan fingerprint density at radius 2 is 1.73 bits per heavy atom. The van der Waals surface area contributed by atoms with Crippen LogP contribution in [-0.2, 0) is 10.0 Å². The quantitative estimate of drug-likeness (QED) is 0.703. The number of rotatable bonds is 7. The lowest BCUT2D eigenvalue weighted by molar-refractivity contribution is 0.0911. The van der Waals surface area contributed by atoms with Crippen LogP contribution in [0.15, 0.2) is 47.4 Å². The molecule has 1 saturated heterocycles. The highest BCUT2D eigenvalue weighted by Crippen LogP contribution is 2.22. The third kappa shape index (κ3) is 5.61. The van der Waals surface area contributed by atoms with E-state index >= 15 is 0 Å². The summed E-state index contributed by atoms with van der Waals surface area (Å²) in [5.74, 6) is -0.226. The molecule has 1 aliphatic heterocycles. The summed E-state index contributed by atoms with van der Waals surface area (Å²) in [6.07, 6.45) is 2.96. The number of carbonyl (C=O) groups is 1. The lowest BCUT2D eigenvalue weighted by atomic mass is 10.0. The van der Waals surface area contributed by atoms with E-state index in [0.29, 0.717) is 16.8 Å². The molecule has 0 aliphatic carbocycles. The molecule has 0 saturated carbocycles. The molecule has 30 heavy (non-hydrogen) atoms. The van der Waals surface area contributed by atoms with Gasteiger partial charge in [0, 0.05) is 30.4 Å². The Bertz CT molecular complexity index is 979. The number of piperidine rings is 1. The average molecular weight is 430 g/mol. The number of likely N-dealkylation sites (tertiary alicyclic amines) is 1. The molecular formula is C23H31N3O3S. The number of hydrogen-bond acceptors (Lipinski definition) is 4. The molecule has 0 aromatic heterocycles. The normalized spacial score (nSPS) is 15.7. The second-order valence-electron chi connectivity index (χ2n) is 8.04. The van der Waals surface area contributed by atoms with Gasteiger partial charge in [0.05, 0.1) is 4.90 Å². The number of carbonyl (C=O) groups excluding carboxylic acids is 1. The first-order valence-corrected chi connectivity index (χ1v) is 12.0. The molecule has 0 unspecified atom stereocenters. The van der Waals surface area contributed by atoms with E-state index in [9.17, 15) is 13.2 Å². The molecule has 6 nitrogen and oxygen atoms in total. The predicted octanol–water partition coefficient (Wildman–Crippen LogP) is 3.71. The van der Waals surface area contributed by atoms with Gasteiger partial charge in [0.15, 0.2) is 0 Å². The Labute approximate surface area is 179 Å². The summed E-state index contributed by atoms with van der Waals surface area (Å²) < 4.78 is 28.4. The minimum Gasteiger partial charge on any atom is -0.349 e. The van der Waals surface area contributed by atoms with Gasteiger partial charge in [-0.15, -0.1) is 0 Å². The average Bonchev–Trinajstić information content (AvgIpc) is 2.71. The van der Waals surface area contributed by atoms with Gasteiger partial charge in [-0.3, -0.25) is 9.52 Å². The van der Waals surface area contributed by atoms with Crippen LogP contribution in [0.3, 0.4) is 0 Å². The zero-order valence-corrected chi connectivity index (χ0v) is 18.8. The molecule has 0 radical (unpaired) electrons. The summed E-state index contributed by atoms with van der Waals surface area (Å²) in [6, 6.07) is 12.1. The van der Waals surface area contributed by atoms with Crippen LogP contribution in [0.25, 0.3) is 0 Å². The molecule has 7 heteroatoms. The first-order valence-electron chi connectivity index (χ1n) is 10.5. The molecule has 2 aromatic carbocycles. The Hall–Kier alpha value is -2.38. The van der Waals surface area contributed by atoms with E-state index in [0.717, 1.165) is 44.5 Å². The summed E-state index contributed by atoms with van der Waals surface area (Å²) in [7, 11) is -3.80. The largest absolute Gasteiger partial charge is 0.349 e. The zero-order valence-electron chi connectivity index (χ0n) is 17.9. The van der Waals surface area contributed by atoms with Crippen LogP contribution >= 0.6 is 0 Å². The number of benzene rings is 2. The maximum Gasteiger partial charge on any atom is 0.262 e. The van der Waals surface area contributed by atoms with Crippen LogP contribution in [0, 0.1) is 13.8 Å². The van der Waals surface area contributed by atoms with Crippen molar-refractivity contribution in [3.63, 3.8) is 0 Å². The Balaban J connectivity index is 1.71. The lowest BCUT2D eigenvalue weighted by Crippen LogP contribution is -2.44. The second-order valence-corrected chi connectivity index (χ2v) is 9.69. The van der Waals surface area contributed by atoms with Gasteiger partial charge in [-0.1, -0.05) is 30.7 Å². The molecule has 1 aliphatic rings. The van der Waals surface area contributed by atoms with Crippen molar-refractivity contribution >= 4 is 21.6 Å². The van der Waals surface area contributed by atoms with Crippen LogP contribution < -0.4 is 10.0 Å². The van der Waals surface area contributed by atoms with E-state index in [-0.39, 0.29) is 16.8 Å². The van der Waals surface area contributed by atoms with Crippen LogP contribution in [0.5, 0.6) is 0 Å². The summed E-state index contributed by atoms with van der Waals surface area (Å²) in [5, 5.41) is 3.07. The van der Waals surface area contributed by atoms with Crippen molar-refractivity contribution in [2.75, 3.05) is 24.4 Å². The van der Waals surface area contributed by atoms with Crippen LogP contribution in [0.2, 0.25) is 0 Å². The van der Waals surface area contributed by atoms with Crippen molar-refractivity contribution in [2.24, 2.45) is 0 Å². The van der Waals surface area contributed by atoms with Gasteiger partial charge in [0.2, 0.25) is 0 Å². The van der Waals surface area contributed by atoms with Gasteiger partial charge in [-0.25, -0.2) is 8.42 Å². The molecule has 162 valence electrons. The number of sulfonamides is 1. The first-order chi connectivity index (χ1) is 14.3. The van der Waals surface area contributed by atoms with Crippen molar-refractivity contribution in [2.45, 2.75) is 51.0 Å². The number of aryl methyl sites for hydroxylation is 2. The van der Waals surface area contributed by atoms with Crippen molar-refractivity contribution in [1.29, 1.82) is 0 Å². The molecule has 3 rings (SSSR count). The highest BCUT2D eigenvalue weighted by Gasteiger charge is 2.23. The molecule has 2 aromatic rings. The van der Waals surface area contributed by atoms with Crippen molar-refractivity contribution < 1.29 is 13.2 Å². The minimum atomic E-state index is -3.80. The fraction of sp³-hybridized carbons (Fsp3) is 0.435. The fourth-order valence-corrected chi connectivity index (χ4v) is 5.08. The Morgan fingerprint density at radius 3 is 2.37 bits per heavy atom. The maximum atomic E-state index is 12.9. The summed E-state index contributed by atoms with van der Waals surface area (Å²) in [5.41, 5.74) is 2.50. The van der Waals surface area contributed by atoms with E-state index in [1.165, 1.54) is 6.07 Å². The summed E-state index contributed by atoms with van der Waals surface area (Å²) >= 11 is 0. The molecular weight excluding hydrogens is 398 g/mol. The molecule has 0 atom stereocenters. The molecule has 0 spiro atoms. The second kappa shape index (κ2) is 9.62. The van der Waals surface area contributed by atoms with Gasteiger partial charge < -0.3 is 10.2 Å². The molecule has 1 fully saturated rings. The summed E-state index contributed by atoms with van der Waals surface area (Å²) in [4.78, 5) is 15.3. The van der Waals surface area contributed by atoms with E-state index in [2.05, 4.69) is 21.9 Å². The van der Waals surface area contributed by atoms with E-state index in [1.807, 2.05) is 19.1 Å². The predicted molar refractivity (Wildman–Crippen MR) is 120 cm³/mol. The fourth-order valence-electron chi connectivity index (χ4n) is 3.75. The zero-order chi connectivity index (χ0) is 21.7. The highest BCUT2D eigenvalue weighted by molar-refractivity contribution is 7.92. The molecule has 0 bridgehead atoms. The SMILES string of the molecule is CCCN1CCC(NC(=O)c2ccc(C)c(S(=O)(=O)Nc3ccc(C)cc3)c2)CC1. The van der Waals surface area contributed by atoms with Crippen LogP contribution in [-0.4, -0.2) is 44.9 Å². The van der Waals surface area contributed by atoms with Gasteiger partial charge in [-0.05, 0) is 69.5 Å². The third-order valence-electron chi connectivity index (χ3n) is 5.51. The third-order valence-corrected chi connectivity index (χ3v) is 7.03. The van der Waals surface area contributed by atoms with E-state index in [1.54, 1.807) is 31.2 Å². The molecule has 1 heterocycles. The van der Waals surface area contributed by atoms with Crippen molar-refractivity contribution in [1.82, 2.24) is 10.2 Å². The maximum absolute atomic E-state index is 12.9. The number of hydrogen-bond donors (Lipinski definition) is 2. The van der Waals surface area contributed by atoms with Crippen LogP contribution in [0.4, 0.5) is 5.69 Å². The molecule has 1 amide bonds.